The molecule has 656 valence electrons. The van der Waals surface area contributed by atoms with E-state index in [-0.39, 0.29) is 70.4 Å². The van der Waals surface area contributed by atoms with Crippen molar-refractivity contribution in [1.82, 2.24) is 84.5 Å². The lowest BCUT2D eigenvalue weighted by Gasteiger charge is -2.43. The van der Waals surface area contributed by atoms with Crippen molar-refractivity contribution in [2.75, 3.05) is 56.4 Å². The highest BCUT2D eigenvalue weighted by atomic mass is 16.5. The maximum atomic E-state index is 13.4. The van der Waals surface area contributed by atoms with E-state index in [1.807, 2.05) is 69.7 Å². The molecule has 0 spiro atoms. The van der Waals surface area contributed by atoms with Crippen molar-refractivity contribution in [3.8, 4) is 55.8 Å². The molecule has 26 heteroatoms. The number of aromatic nitrogens is 16. The number of anilines is 4. The summed E-state index contributed by atoms with van der Waals surface area (Å²) in [6.07, 6.45) is 38.7. The van der Waals surface area contributed by atoms with E-state index in [0.29, 0.717) is 43.7 Å². The number of hydrogen-bond acceptors (Lipinski definition) is 20. The number of imidazole rings is 1. The molecule has 4 saturated carbocycles. The number of nitrogens with zero attached hydrogens (tertiary/aromatic N) is 13. The van der Waals surface area contributed by atoms with E-state index in [1.165, 1.54) is 75.5 Å². The summed E-state index contributed by atoms with van der Waals surface area (Å²) in [5.74, 6) is 2.19. The fourth-order valence-electron chi connectivity index (χ4n) is 19.2. The second-order valence-electron chi connectivity index (χ2n) is 34.6. The molecule has 17 aromatic rings. The number of H-pyrrole nitrogens is 4. The number of nitrogens with two attached hydrogens (primary N) is 4. The van der Waals surface area contributed by atoms with Crippen LogP contribution in [0.5, 0.6) is 0 Å². The average Bonchev–Trinajstić information content (AvgIpc) is 1.56. The van der Waals surface area contributed by atoms with Gasteiger partial charge >= 0.3 is 0 Å². The van der Waals surface area contributed by atoms with Crippen LogP contribution in [-0.4, -0.2) is 140 Å². The largest absolute Gasteiger partial charge is 0.396 e. The standard InChI is InChI=1S/C29H29N7O.C26H26N4O2.C26H28N4O2.C23H22N6/c1-18-13-22(35-34-18)17-36(2)27(37)24-6-3-5-23-25(16-31-26(23)24)29(11-4-12-29)21-9-7-19(8-10-21)20-14-32-28(30)33-15-20;27-25-29-14-18(15-30-25)17-7-9-19(10-8-17)26(11-3-12-26)22-16-28-24-20(22)4-1-5-21(24)23(32)6-2-13-31;27-25-28-16-20(17-29-25)19-6-8-21(9-7-19)26(10-3-11-26)23-18-30(12-14-32-15-13-31)24-5-2-1-4-22(23)24;1-15-3-4-17(11-25-15)20-14-26-21(29-20)23(9-2-10-23)19-7-5-16(6-8-19)18-12-27-22(24)28-13-18/h3,5-10,13-16,31H,4,11-12,17H2,1-2H3,(H,34,35)(H2,30,32,33);1,4-5,7-10,14-16,28,31H,2-3,6,11-13H2,(H2,27,29,30);1-2,4-9,16-18,31H,3,10-15H2,(H2,27,28,29);3-8,11-14H,2,9-10H2,1H3,(H,26,29)(H2,24,27,28). The highest BCUT2D eigenvalue weighted by Gasteiger charge is 2.46. The Kier molecular flexibility index (Phi) is 24.7. The van der Waals surface area contributed by atoms with Gasteiger partial charge in [-0.3, -0.25) is 19.7 Å². The van der Waals surface area contributed by atoms with E-state index in [0.717, 1.165) is 158 Å². The molecular weight excluding hydrogens is 1620 g/mol. The molecule has 14 N–H and O–H groups in total. The fourth-order valence-corrected chi connectivity index (χ4v) is 19.2. The molecule has 0 bridgehead atoms. The number of pyridine rings is 1. The predicted octanol–water partition coefficient (Wildman–Crippen LogP) is 18.1. The predicted molar refractivity (Wildman–Crippen MR) is 509 cm³/mol. The van der Waals surface area contributed by atoms with Gasteiger partial charge in [-0.2, -0.15) is 5.10 Å². The fraction of sp³-hybridized carbons (Fsp3) is 0.260. The number of ether oxygens (including phenoxy) is 1. The van der Waals surface area contributed by atoms with Crippen LogP contribution in [0, 0.1) is 13.8 Å². The number of rotatable bonds is 25. The van der Waals surface area contributed by atoms with Crippen molar-refractivity contribution in [2.24, 2.45) is 0 Å². The molecule has 10 aromatic heterocycles. The van der Waals surface area contributed by atoms with Crippen molar-refractivity contribution in [3.05, 3.63) is 329 Å². The Hall–Kier alpha value is -14.7. The number of aromatic amines is 4. The maximum Gasteiger partial charge on any atom is 0.256 e. The van der Waals surface area contributed by atoms with Crippen LogP contribution in [-0.2, 0) is 39.5 Å². The average molecular weight is 1730 g/mol. The summed E-state index contributed by atoms with van der Waals surface area (Å²) in [5.41, 5.74) is 48.8. The first-order valence-corrected chi connectivity index (χ1v) is 44.5. The van der Waals surface area contributed by atoms with Gasteiger partial charge in [-0.15, -0.1) is 0 Å². The van der Waals surface area contributed by atoms with E-state index in [2.05, 4.69) is 233 Å². The number of ketones is 1. The van der Waals surface area contributed by atoms with Crippen LogP contribution >= 0.6 is 0 Å². The first kappa shape index (κ1) is 86.0. The number of carbonyl (C=O) groups excluding carboxylic acids is 2. The smallest absolute Gasteiger partial charge is 0.256 e. The summed E-state index contributed by atoms with van der Waals surface area (Å²) >= 11 is 0. The van der Waals surface area contributed by atoms with Crippen LogP contribution in [0.15, 0.2) is 256 Å². The third-order valence-electron chi connectivity index (χ3n) is 26.9. The van der Waals surface area contributed by atoms with Gasteiger partial charge in [0.15, 0.2) is 5.78 Å². The van der Waals surface area contributed by atoms with Crippen LogP contribution < -0.4 is 22.9 Å². The van der Waals surface area contributed by atoms with Crippen molar-refractivity contribution in [2.45, 2.75) is 138 Å². The number of carbonyl (C=O) groups is 2. The molecule has 10 heterocycles. The topological polar surface area (TPSA) is 401 Å². The number of amides is 1. The number of nitrogen functional groups attached to an aromatic ring is 4. The molecule has 1 amide bonds. The van der Waals surface area contributed by atoms with Gasteiger partial charge in [-0.05, 0) is 169 Å². The molecule has 0 saturated heterocycles. The molecule has 130 heavy (non-hydrogen) atoms. The minimum absolute atomic E-state index is 0.0271. The van der Waals surface area contributed by atoms with Gasteiger partial charge in [0.05, 0.1) is 66.0 Å². The Bertz CT molecular complexity index is 6790. The van der Waals surface area contributed by atoms with Gasteiger partial charge in [0, 0.05) is 184 Å². The van der Waals surface area contributed by atoms with Crippen LogP contribution in [0.2, 0.25) is 0 Å². The second-order valence-corrected chi connectivity index (χ2v) is 34.6. The zero-order chi connectivity index (χ0) is 89.5. The van der Waals surface area contributed by atoms with E-state index in [4.69, 9.17) is 42.9 Å². The monoisotopic (exact) mass is 1730 g/mol. The Morgan fingerprint density at radius 3 is 1.29 bits per heavy atom. The van der Waals surface area contributed by atoms with E-state index in [9.17, 15) is 9.59 Å². The molecule has 4 aliphatic carbocycles. The summed E-state index contributed by atoms with van der Waals surface area (Å²) in [5, 5.41) is 28.8. The van der Waals surface area contributed by atoms with Crippen molar-refractivity contribution in [3.63, 3.8) is 0 Å². The number of benzene rings is 7. The molecule has 4 aliphatic rings. The van der Waals surface area contributed by atoms with E-state index < -0.39 is 0 Å². The molecule has 26 nitrogen and oxygen atoms in total. The van der Waals surface area contributed by atoms with Crippen LogP contribution in [0.4, 0.5) is 23.8 Å². The maximum absolute atomic E-state index is 13.4. The van der Waals surface area contributed by atoms with Gasteiger partial charge in [0.2, 0.25) is 23.8 Å². The Balaban J connectivity index is 0.000000117. The first-order valence-electron chi connectivity index (χ1n) is 44.5. The Morgan fingerprint density at radius 2 is 0.869 bits per heavy atom. The first-order chi connectivity index (χ1) is 63.4. The summed E-state index contributed by atoms with van der Waals surface area (Å²) in [6.45, 7) is 6.21. The number of aliphatic hydroxyl groups excluding tert-OH is 2. The minimum Gasteiger partial charge on any atom is -0.396 e. The number of para-hydroxylation sites is 3. The highest BCUT2D eigenvalue weighted by molar-refractivity contribution is 6.08. The van der Waals surface area contributed by atoms with Crippen LogP contribution in [0.25, 0.3) is 88.5 Å². The zero-order valence-electron chi connectivity index (χ0n) is 73.1. The van der Waals surface area contributed by atoms with Gasteiger partial charge in [-0.1, -0.05) is 165 Å². The van der Waals surface area contributed by atoms with Crippen LogP contribution in [0.3, 0.4) is 0 Å². The summed E-state index contributed by atoms with van der Waals surface area (Å²) < 4.78 is 7.82. The number of aliphatic hydroxyl groups is 2. The van der Waals surface area contributed by atoms with Crippen molar-refractivity contribution >= 4 is 68.2 Å². The lowest BCUT2D eigenvalue weighted by atomic mass is 9.60. The minimum atomic E-state index is -0.0749. The lowest BCUT2D eigenvalue weighted by Crippen LogP contribution is -2.36. The molecule has 4 fully saturated rings. The quantitative estimate of drug-likeness (QED) is 0.0188. The van der Waals surface area contributed by atoms with Gasteiger partial charge in [-0.25, -0.2) is 44.9 Å². The normalized spacial score (nSPS) is 14.8. The Morgan fingerprint density at radius 1 is 0.446 bits per heavy atom. The van der Waals surface area contributed by atoms with Gasteiger partial charge in [0.25, 0.3) is 5.91 Å². The molecular formula is C104H105N21O5. The van der Waals surface area contributed by atoms with E-state index in [1.54, 1.807) is 54.5 Å². The summed E-state index contributed by atoms with van der Waals surface area (Å²) in [4.78, 5) is 80.2. The van der Waals surface area contributed by atoms with E-state index >= 15 is 0 Å². The third kappa shape index (κ3) is 17.2. The third-order valence-corrected chi connectivity index (χ3v) is 26.9. The molecule has 0 unspecified atom stereocenters. The number of aryl methyl sites for hydroxylation is 2. The van der Waals surface area contributed by atoms with Crippen LogP contribution in [0.1, 0.15) is 172 Å². The molecule has 21 rings (SSSR count). The van der Waals surface area contributed by atoms with Gasteiger partial charge < -0.3 is 62.3 Å². The molecule has 0 atom stereocenters. The van der Waals surface area contributed by atoms with Crippen molar-refractivity contribution < 1.29 is 24.5 Å². The molecule has 0 aliphatic heterocycles. The number of fused-ring (bicyclic) bond motifs is 3. The second kappa shape index (κ2) is 37.3. The van der Waals surface area contributed by atoms with Gasteiger partial charge in [0.1, 0.15) is 5.82 Å². The summed E-state index contributed by atoms with van der Waals surface area (Å²) in [7, 11) is 1.82. The SMILES string of the molecule is Cc1cc(CN(C)C(=O)c2cccc3c(C4(c5ccc(-c6cnc(N)nc6)cc5)CCC4)c[nH]c23)n[nH]1.Cc1ccc(-c2cnc(C3(c4ccc(-c5cnc(N)nc5)cc4)CCC3)[nH]2)cn1.Nc1ncc(-c2ccc(C3(c4c[nH]c5c(C(=O)CCCO)cccc45)CCC3)cc2)cn1.Nc1ncc(-c2ccc(C3(c4cn(CCOCCO)c5ccccc45)CCC3)cc2)cn1. The Labute approximate surface area is 753 Å². The zero-order valence-corrected chi connectivity index (χ0v) is 73.1. The summed E-state index contributed by atoms with van der Waals surface area (Å²) in [6, 6.07) is 61.4. The number of hydrogen-bond donors (Lipinski definition) is 10. The van der Waals surface area contributed by atoms with Crippen molar-refractivity contribution in [1.29, 1.82) is 0 Å². The number of Topliss-reactive ketones (excluding diaryl/α,β-unsaturated/α-hetero) is 1. The number of nitrogens with one attached hydrogen (secondary N) is 4. The highest BCUT2D eigenvalue weighted by Crippen LogP contribution is 2.55. The molecule has 0 radical (unpaired) electrons. The lowest BCUT2D eigenvalue weighted by molar-refractivity contribution is 0.0784. The molecule has 7 aromatic carbocycles.